The van der Waals surface area contributed by atoms with Crippen molar-refractivity contribution in [3.63, 3.8) is 0 Å². The Balaban J connectivity index is 1.45. The minimum Gasteiger partial charge on any atom is -0.330 e. The molecule has 3 aliphatic rings. The number of aliphatic imine (C=N–C) groups is 1. The lowest BCUT2D eigenvalue weighted by Crippen LogP contribution is -2.45. The molecule has 0 N–H and O–H groups in total. The second-order valence-electron chi connectivity index (χ2n) is 7.65. The molecular formula is C21H26N4O. The Bertz CT molecular complexity index is 770. The number of fused-ring (bicyclic) bond motifs is 2. The molecule has 136 valence electrons. The molecule has 1 saturated heterocycles. The van der Waals surface area contributed by atoms with Crippen LogP contribution in [0.15, 0.2) is 59.2 Å². The summed E-state index contributed by atoms with van der Waals surface area (Å²) in [6.45, 7) is 3.95. The number of nitrogens with zero attached hydrogens (tertiary/aromatic N) is 4. The molecule has 5 heteroatoms. The highest BCUT2D eigenvalue weighted by molar-refractivity contribution is 6.11. The van der Waals surface area contributed by atoms with E-state index in [0.29, 0.717) is 0 Å². The third-order valence-electron chi connectivity index (χ3n) is 5.72. The van der Waals surface area contributed by atoms with Crippen LogP contribution in [-0.4, -0.2) is 60.3 Å². The van der Waals surface area contributed by atoms with Gasteiger partial charge in [0.2, 0.25) is 0 Å². The van der Waals surface area contributed by atoms with Gasteiger partial charge in [0.05, 0.1) is 6.54 Å². The third-order valence-corrected chi connectivity index (χ3v) is 5.72. The summed E-state index contributed by atoms with van der Waals surface area (Å²) < 4.78 is 0. The van der Waals surface area contributed by atoms with Gasteiger partial charge in [0.15, 0.2) is 0 Å². The average Bonchev–Trinajstić information content (AvgIpc) is 3.02. The second-order valence-corrected chi connectivity index (χ2v) is 7.65. The molecule has 2 amide bonds. The average molecular weight is 350 g/mol. The van der Waals surface area contributed by atoms with Crippen molar-refractivity contribution < 1.29 is 4.79 Å². The summed E-state index contributed by atoms with van der Waals surface area (Å²) in [6, 6.07) is 10.6. The summed E-state index contributed by atoms with van der Waals surface area (Å²) in [6.07, 6.45) is 8.17. The van der Waals surface area contributed by atoms with Crippen molar-refractivity contribution in [1.82, 2.24) is 14.7 Å². The zero-order chi connectivity index (χ0) is 18.1. The Morgan fingerprint density at radius 2 is 1.92 bits per heavy atom. The second kappa shape index (κ2) is 6.72. The number of benzene rings is 1. The molecule has 0 bridgehead atoms. The first-order chi connectivity index (χ1) is 12.6. The van der Waals surface area contributed by atoms with E-state index in [0.717, 1.165) is 44.9 Å². The highest BCUT2D eigenvalue weighted by atomic mass is 16.2. The summed E-state index contributed by atoms with van der Waals surface area (Å²) in [4.78, 5) is 23.1. The number of carbonyl (C=O) groups excluding carboxylic acids is 1. The Labute approximate surface area is 155 Å². The number of piperidine rings is 1. The van der Waals surface area contributed by atoms with Crippen molar-refractivity contribution in [3.8, 4) is 0 Å². The van der Waals surface area contributed by atoms with Gasteiger partial charge in [-0.15, -0.1) is 0 Å². The SMILES string of the molecule is CN(C)C(=O)N1C=CC=C2C1=NCC21CCN(Cc2ccccc2)CC1. The van der Waals surface area contributed by atoms with E-state index >= 15 is 0 Å². The topological polar surface area (TPSA) is 39.2 Å². The number of hydrogen-bond donors (Lipinski definition) is 0. The monoisotopic (exact) mass is 350 g/mol. The smallest absolute Gasteiger partial charge is 0.329 e. The molecular weight excluding hydrogens is 324 g/mol. The van der Waals surface area contributed by atoms with Crippen molar-refractivity contribution >= 4 is 11.9 Å². The Morgan fingerprint density at radius 3 is 2.62 bits per heavy atom. The van der Waals surface area contributed by atoms with Gasteiger partial charge < -0.3 is 4.90 Å². The molecule has 0 atom stereocenters. The van der Waals surface area contributed by atoms with E-state index in [-0.39, 0.29) is 11.4 Å². The zero-order valence-electron chi connectivity index (χ0n) is 15.6. The highest BCUT2D eigenvalue weighted by Gasteiger charge is 2.45. The molecule has 3 aliphatic heterocycles. The molecule has 0 radical (unpaired) electrons. The Hall–Kier alpha value is -2.40. The maximum Gasteiger partial charge on any atom is 0.329 e. The van der Waals surface area contributed by atoms with Crippen molar-refractivity contribution in [3.05, 3.63) is 59.8 Å². The highest BCUT2D eigenvalue weighted by Crippen LogP contribution is 2.45. The van der Waals surface area contributed by atoms with Crippen LogP contribution in [0.1, 0.15) is 18.4 Å². The van der Waals surface area contributed by atoms with E-state index in [1.54, 1.807) is 23.9 Å². The van der Waals surface area contributed by atoms with E-state index in [9.17, 15) is 4.79 Å². The van der Waals surface area contributed by atoms with Crippen LogP contribution >= 0.6 is 0 Å². The molecule has 5 nitrogen and oxygen atoms in total. The summed E-state index contributed by atoms with van der Waals surface area (Å²) in [5.41, 5.74) is 2.71. The van der Waals surface area contributed by atoms with Gasteiger partial charge in [0.25, 0.3) is 0 Å². The molecule has 0 aromatic heterocycles. The fourth-order valence-electron chi connectivity index (χ4n) is 4.16. The first kappa shape index (κ1) is 17.0. The molecule has 1 aromatic rings. The molecule has 3 heterocycles. The van der Waals surface area contributed by atoms with Gasteiger partial charge in [-0.1, -0.05) is 36.4 Å². The number of allylic oxidation sites excluding steroid dienone is 2. The van der Waals surface area contributed by atoms with Crippen molar-refractivity contribution in [2.24, 2.45) is 10.4 Å². The van der Waals surface area contributed by atoms with E-state index in [1.165, 1.54) is 11.1 Å². The summed E-state index contributed by atoms with van der Waals surface area (Å²) >= 11 is 0. The van der Waals surface area contributed by atoms with Crippen molar-refractivity contribution in [2.75, 3.05) is 33.7 Å². The van der Waals surface area contributed by atoms with E-state index in [1.807, 2.05) is 12.3 Å². The summed E-state index contributed by atoms with van der Waals surface area (Å²) in [5.74, 6) is 0.850. The number of likely N-dealkylation sites (tertiary alicyclic amines) is 1. The quantitative estimate of drug-likeness (QED) is 0.822. The van der Waals surface area contributed by atoms with Crippen LogP contribution in [0.2, 0.25) is 0 Å². The van der Waals surface area contributed by atoms with Gasteiger partial charge in [0, 0.05) is 37.8 Å². The first-order valence-electron chi connectivity index (χ1n) is 9.30. The number of amides is 2. The van der Waals surface area contributed by atoms with Gasteiger partial charge in [0.1, 0.15) is 5.84 Å². The third kappa shape index (κ3) is 2.97. The van der Waals surface area contributed by atoms with Gasteiger partial charge in [-0.25, -0.2) is 4.79 Å². The minimum atomic E-state index is -0.0378. The lowest BCUT2D eigenvalue weighted by Gasteiger charge is -2.41. The van der Waals surface area contributed by atoms with Crippen molar-refractivity contribution in [1.29, 1.82) is 0 Å². The van der Waals surface area contributed by atoms with E-state index in [2.05, 4.69) is 41.3 Å². The lowest BCUT2D eigenvalue weighted by molar-refractivity contribution is 0.138. The van der Waals surface area contributed by atoms with Crippen LogP contribution in [-0.2, 0) is 6.54 Å². The molecule has 0 unspecified atom stereocenters. The minimum absolute atomic E-state index is 0.0378. The molecule has 4 rings (SSSR count). The summed E-state index contributed by atoms with van der Waals surface area (Å²) in [5, 5.41) is 0. The largest absolute Gasteiger partial charge is 0.330 e. The van der Waals surface area contributed by atoms with Crippen LogP contribution in [0.25, 0.3) is 0 Å². The molecule has 1 aromatic carbocycles. The van der Waals surface area contributed by atoms with Gasteiger partial charge >= 0.3 is 6.03 Å². The Kier molecular flexibility index (Phi) is 4.41. The molecule has 26 heavy (non-hydrogen) atoms. The van der Waals surface area contributed by atoms with Gasteiger partial charge in [-0.05, 0) is 37.6 Å². The Morgan fingerprint density at radius 1 is 1.19 bits per heavy atom. The van der Waals surface area contributed by atoms with Crippen LogP contribution in [0.3, 0.4) is 0 Å². The standard InChI is InChI=1S/C21H26N4O/c1-23(2)20(26)25-12-6-9-18-19(25)22-16-21(18)10-13-24(14-11-21)15-17-7-4-3-5-8-17/h3-9,12H,10-11,13-16H2,1-2H3. The fourth-order valence-corrected chi connectivity index (χ4v) is 4.16. The van der Waals surface area contributed by atoms with Crippen molar-refractivity contribution in [2.45, 2.75) is 19.4 Å². The summed E-state index contributed by atoms with van der Waals surface area (Å²) in [7, 11) is 3.56. The maximum absolute atomic E-state index is 12.5. The zero-order valence-corrected chi connectivity index (χ0v) is 15.6. The fraction of sp³-hybridized carbons (Fsp3) is 0.429. The number of hydrogen-bond acceptors (Lipinski definition) is 3. The van der Waals surface area contributed by atoms with Crippen LogP contribution in [0.5, 0.6) is 0 Å². The molecule has 1 fully saturated rings. The van der Waals surface area contributed by atoms with Gasteiger partial charge in [-0.3, -0.25) is 14.8 Å². The first-order valence-corrected chi connectivity index (χ1v) is 9.30. The lowest BCUT2D eigenvalue weighted by atomic mass is 9.72. The van der Waals surface area contributed by atoms with E-state index < -0.39 is 0 Å². The number of urea groups is 1. The number of rotatable bonds is 2. The normalized spacial score (nSPS) is 21.4. The predicted molar refractivity (Wildman–Crippen MR) is 104 cm³/mol. The predicted octanol–water partition coefficient (Wildman–Crippen LogP) is 3.12. The van der Waals surface area contributed by atoms with Crippen LogP contribution in [0, 0.1) is 5.41 Å². The molecule has 0 aliphatic carbocycles. The van der Waals surface area contributed by atoms with Gasteiger partial charge in [-0.2, -0.15) is 0 Å². The van der Waals surface area contributed by atoms with Crippen LogP contribution < -0.4 is 0 Å². The van der Waals surface area contributed by atoms with Crippen LogP contribution in [0.4, 0.5) is 4.79 Å². The molecule has 1 spiro atoms. The molecule has 0 saturated carbocycles. The maximum atomic E-state index is 12.5. The number of amidine groups is 1. The van der Waals surface area contributed by atoms with E-state index in [4.69, 9.17) is 4.99 Å². The number of carbonyl (C=O) groups is 1.